The summed E-state index contributed by atoms with van der Waals surface area (Å²) in [5.41, 5.74) is 0.185. The number of Topliss-reactive ketones (excluding diaryl/α,β-unsaturated/α-hetero) is 1. The molecule has 0 fully saturated rings. The smallest absolute Gasteiger partial charge is 0.454 e. The summed E-state index contributed by atoms with van der Waals surface area (Å²) in [4.78, 5) is 11.4. The Kier molecular flexibility index (Phi) is 5.21. The fourth-order valence-electron chi connectivity index (χ4n) is 2.51. The van der Waals surface area contributed by atoms with Crippen LogP contribution in [0.5, 0.6) is 11.5 Å². The molecule has 0 radical (unpaired) electrons. The Hall–Kier alpha value is -2.44. The van der Waals surface area contributed by atoms with E-state index >= 15 is 0 Å². The largest absolute Gasteiger partial charge is 0.507 e. The molecule has 0 atom stereocenters. The lowest BCUT2D eigenvalue weighted by Crippen LogP contribution is -2.27. The molecule has 24 heavy (non-hydrogen) atoms. The van der Waals surface area contributed by atoms with Crippen LogP contribution in [0.25, 0.3) is 6.08 Å². The fraction of sp³-hybridized carbons (Fsp3) is 0.353. The van der Waals surface area contributed by atoms with Gasteiger partial charge in [-0.2, -0.15) is 13.2 Å². The first-order valence-corrected chi connectivity index (χ1v) is 7.44. The SMILES string of the molecule is CCOc1cc(C=C2CCCC(C(=O)C(F)(F)F)=C2O)ccc1O. The van der Waals surface area contributed by atoms with E-state index in [0.29, 0.717) is 25.0 Å². The van der Waals surface area contributed by atoms with Gasteiger partial charge in [-0.1, -0.05) is 6.07 Å². The van der Waals surface area contributed by atoms with Crippen LogP contribution in [0.3, 0.4) is 0 Å². The van der Waals surface area contributed by atoms with E-state index in [1.807, 2.05) is 0 Å². The van der Waals surface area contributed by atoms with Crippen molar-refractivity contribution in [2.45, 2.75) is 32.4 Å². The molecule has 0 heterocycles. The summed E-state index contributed by atoms with van der Waals surface area (Å²) < 4.78 is 43.0. The molecule has 0 spiro atoms. The van der Waals surface area contributed by atoms with Crippen molar-refractivity contribution in [3.63, 3.8) is 0 Å². The van der Waals surface area contributed by atoms with Gasteiger partial charge in [0.15, 0.2) is 11.5 Å². The number of allylic oxidation sites excluding steroid dienone is 2. The molecule has 0 aromatic heterocycles. The van der Waals surface area contributed by atoms with E-state index in [1.54, 1.807) is 6.92 Å². The van der Waals surface area contributed by atoms with Gasteiger partial charge >= 0.3 is 6.18 Å². The fourth-order valence-corrected chi connectivity index (χ4v) is 2.51. The van der Waals surface area contributed by atoms with E-state index < -0.39 is 23.3 Å². The summed E-state index contributed by atoms with van der Waals surface area (Å²) in [7, 11) is 0. The second kappa shape index (κ2) is 6.98. The van der Waals surface area contributed by atoms with Crippen LogP contribution in [0.4, 0.5) is 13.2 Å². The molecule has 1 aromatic carbocycles. The number of phenols is 1. The molecule has 1 aliphatic rings. The van der Waals surface area contributed by atoms with Crippen molar-refractivity contribution in [1.82, 2.24) is 0 Å². The zero-order valence-corrected chi connectivity index (χ0v) is 13.0. The van der Waals surface area contributed by atoms with Gasteiger partial charge in [0.2, 0.25) is 0 Å². The number of aromatic hydroxyl groups is 1. The van der Waals surface area contributed by atoms with Crippen molar-refractivity contribution in [3.8, 4) is 11.5 Å². The highest BCUT2D eigenvalue weighted by atomic mass is 19.4. The summed E-state index contributed by atoms with van der Waals surface area (Å²) in [6.07, 6.45) is -2.94. The summed E-state index contributed by atoms with van der Waals surface area (Å²) in [6, 6.07) is 4.44. The number of hydrogen-bond donors (Lipinski definition) is 2. The predicted octanol–water partition coefficient (Wildman–Crippen LogP) is 4.30. The molecule has 7 heteroatoms. The number of rotatable bonds is 4. The topological polar surface area (TPSA) is 66.8 Å². The van der Waals surface area contributed by atoms with E-state index in [0.717, 1.165) is 0 Å². The van der Waals surface area contributed by atoms with Crippen LogP contribution in [0.2, 0.25) is 0 Å². The van der Waals surface area contributed by atoms with Gasteiger partial charge in [0, 0.05) is 5.57 Å². The minimum absolute atomic E-state index is 0.0599. The van der Waals surface area contributed by atoms with Crippen LogP contribution in [0, 0.1) is 0 Å². The molecule has 0 aliphatic heterocycles. The van der Waals surface area contributed by atoms with Crippen molar-refractivity contribution >= 4 is 11.9 Å². The van der Waals surface area contributed by atoms with E-state index in [4.69, 9.17) is 4.74 Å². The highest BCUT2D eigenvalue weighted by Gasteiger charge is 2.42. The van der Waals surface area contributed by atoms with Gasteiger partial charge in [-0.15, -0.1) is 0 Å². The zero-order chi connectivity index (χ0) is 17.9. The van der Waals surface area contributed by atoms with Crippen LogP contribution in [-0.4, -0.2) is 28.8 Å². The first-order valence-electron chi connectivity index (χ1n) is 7.44. The van der Waals surface area contributed by atoms with Gasteiger partial charge in [0.05, 0.1) is 6.61 Å². The molecule has 0 saturated carbocycles. The molecular formula is C17H17F3O4. The number of ether oxygens (including phenoxy) is 1. The first kappa shape index (κ1) is 17.9. The molecule has 0 amide bonds. The lowest BCUT2D eigenvalue weighted by atomic mass is 9.89. The summed E-state index contributed by atoms with van der Waals surface area (Å²) in [6.45, 7) is 2.08. The Balaban J connectivity index is 2.39. The minimum Gasteiger partial charge on any atom is -0.507 e. The molecule has 1 aliphatic carbocycles. The first-order chi connectivity index (χ1) is 11.2. The van der Waals surface area contributed by atoms with Gasteiger partial charge in [-0.25, -0.2) is 0 Å². The van der Waals surface area contributed by atoms with E-state index in [-0.39, 0.29) is 23.5 Å². The summed E-state index contributed by atoms with van der Waals surface area (Å²) in [5, 5.41) is 19.7. The number of alkyl halides is 3. The van der Waals surface area contributed by atoms with Crippen LogP contribution in [0.15, 0.2) is 35.1 Å². The second-order valence-electron chi connectivity index (χ2n) is 5.34. The Labute approximate surface area is 136 Å². The van der Waals surface area contributed by atoms with E-state index in [9.17, 15) is 28.2 Å². The number of hydrogen-bond acceptors (Lipinski definition) is 4. The summed E-state index contributed by atoms with van der Waals surface area (Å²) >= 11 is 0. The van der Waals surface area contributed by atoms with Gasteiger partial charge < -0.3 is 14.9 Å². The number of carbonyl (C=O) groups is 1. The maximum Gasteiger partial charge on any atom is 0.454 e. The molecular weight excluding hydrogens is 325 g/mol. The van der Waals surface area contributed by atoms with Crippen LogP contribution < -0.4 is 4.74 Å². The number of halogens is 3. The third-order valence-electron chi connectivity index (χ3n) is 3.62. The Morgan fingerprint density at radius 3 is 2.62 bits per heavy atom. The third kappa shape index (κ3) is 3.90. The zero-order valence-electron chi connectivity index (χ0n) is 13.0. The van der Waals surface area contributed by atoms with Crippen molar-refractivity contribution in [2.24, 2.45) is 0 Å². The number of carbonyl (C=O) groups excluding carboxylic acids is 1. The van der Waals surface area contributed by atoms with Crippen molar-refractivity contribution < 1.29 is 32.9 Å². The lowest BCUT2D eigenvalue weighted by Gasteiger charge is -2.19. The molecule has 0 bridgehead atoms. The van der Waals surface area contributed by atoms with Gasteiger partial charge in [-0.3, -0.25) is 4.79 Å². The van der Waals surface area contributed by atoms with Gasteiger partial charge in [0.1, 0.15) is 5.76 Å². The highest BCUT2D eigenvalue weighted by molar-refractivity contribution is 6.00. The van der Waals surface area contributed by atoms with E-state index in [2.05, 4.69) is 0 Å². The van der Waals surface area contributed by atoms with Crippen LogP contribution in [-0.2, 0) is 4.79 Å². The molecule has 130 valence electrons. The number of ketones is 1. The van der Waals surface area contributed by atoms with Gasteiger partial charge in [0.25, 0.3) is 5.78 Å². The number of phenolic OH excluding ortho intramolecular Hbond substituents is 1. The quantitative estimate of drug-likeness (QED) is 0.856. The Morgan fingerprint density at radius 1 is 1.29 bits per heavy atom. The maximum absolute atomic E-state index is 12.6. The monoisotopic (exact) mass is 342 g/mol. The minimum atomic E-state index is -5.01. The Bertz CT molecular complexity index is 702. The molecule has 1 aromatic rings. The van der Waals surface area contributed by atoms with Gasteiger partial charge in [-0.05, 0) is 55.5 Å². The number of benzene rings is 1. The number of aliphatic hydroxyl groups is 1. The van der Waals surface area contributed by atoms with Crippen LogP contribution in [0.1, 0.15) is 31.7 Å². The third-order valence-corrected chi connectivity index (χ3v) is 3.62. The standard InChI is InChI=1S/C17H17F3O4/c1-2-24-14-9-10(6-7-13(14)21)8-11-4-3-5-12(15(11)22)16(23)17(18,19)20/h6-9,21-22H,2-5H2,1H3. The van der Waals surface area contributed by atoms with Crippen molar-refractivity contribution in [2.75, 3.05) is 6.61 Å². The normalized spacial score (nSPS) is 17.2. The molecule has 0 unspecified atom stereocenters. The average molecular weight is 342 g/mol. The van der Waals surface area contributed by atoms with Crippen molar-refractivity contribution in [3.05, 3.63) is 40.7 Å². The number of aliphatic hydroxyl groups excluding tert-OH is 1. The van der Waals surface area contributed by atoms with Crippen LogP contribution >= 0.6 is 0 Å². The summed E-state index contributed by atoms with van der Waals surface area (Å²) in [5.74, 6) is -2.45. The predicted molar refractivity (Wildman–Crippen MR) is 81.8 cm³/mol. The molecule has 0 saturated heterocycles. The molecule has 2 N–H and O–H groups in total. The Morgan fingerprint density at radius 2 is 2.00 bits per heavy atom. The molecule has 2 rings (SSSR count). The maximum atomic E-state index is 12.6. The lowest BCUT2D eigenvalue weighted by molar-refractivity contribution is -0.167. The average Bonchev–Trinajstić information content (AvgIpc) is 2.51. The molecule has 4 nitrogen and oxygen atoms in total. The second-order valence-corrected chi connectivity index (χ2v) is 5.34. The van der Waals surface area contributed by atoms with Crippen molar-refractivity contribution in [1.29, 1.82) is 0 Å². The highest BCUT2D eigenvalue weighted by Crippen LogP contribution is 2.35. The van der Waals surface area contributed by atoms with E-state index in [1.165, 1.54) is 24.3 Å².